The second-order valence-corrected chi connectivity index (χ2v) is 5.89. The van der Waals surface area contributed by atoms with Crippen molar-refractivity contribution < 1.29 is 0 Å². The van der Waals surface area contributed by atoms with Crippen molar-refractivity contribution in [3.05, 3.63) is 0 Å². The fourth-order valence-corrected chi connectivity index (χ4v) is 3.22. The Hall–Kier alpha value is -0.0105. The van der Waals surface area contributed by atoms with Gasteiger partial charge in [-0.05, 0) is 0 Å². The van der Waals surface area contributed by atoms with Gasteiger partial charge in [0.1, 0.15) is 0 Å². The molecule has 0 aromatic carbocycles. The van der Waals surface area contributed by atoms with Gasteiger partial charge in [0.05, 0.1) is 0 Å². The molecule has 0 atom stereocenters. The Morgan fingerprint density at radius 3 is 2.58 bits per heavy atom. The molecule has 1 aliphatic rings. The van der Waals surface area contributed by atoms with Gasteiger partial charge < -0.3 is 0 Å². The van der Waals surface area contributed by atoms with Crippen LogP contribution in [0.25, 0.3) is 0 Å². The van der Waals surface area contributed by atoms with Gasteiger partial charge in [-0.2, -0.15) is 0 Å². The van der Waals surface area contributed by atoms with Crippen LogP contribution in [0.4, 0.5) is 0 Å². The predicted octanol–water partition coefficient (Wildman–Crippen LogP) is 1.97. The van der Waals surface area contributed by atoms with Crippen LogP contribution in [-0.4, -0.2) is 19.7 Å². The summed E-state index contributed by atoms with van der Waals surface area (Å²) in [6, 6.07) is 0. The van der Waals surface area contributed by atoms with Crippen LogP contribution in [0, 0.1) is 11.3 Å². The van der Waals surface area contributed by atoms with E-state index >= 15 is 0 Å². The zero-order valence-electron chi connectivity index (χ0n) is 7.51. The average molecular weight is 233 g/mol. The van der Waals surface area contributed by atoms with Gasteiger partial charge in [0.25, 0.3) is 0 Å². The topological polar surface area (TPSA) is 49.9 Å². The summed E-state index contributed by atoms with van der Waals surface area (Å²) < 4.78 is 0.415. The van der Waals surface area contributed by atoms with E-state index in [2.05, 4.69) is 0 Å². The summed E-state index contributed by atoms with van der Waals surface area (Å²) in [6.07, 6.45) is 8.46. The van der Waals surface area contributed by atoms with E-state index in [4.69, 9.17) is 11.1 Å². The van der Waals surface area contributed by atoms with Gasteiger partial charge in [-0.3, -0.25) is 0 Å². The Balaban J connectivity index is 2.01. The van der Waals surface area contributed by atoms with Gasteiger partial charge in [0.2, 0.25) is 0 Å². The molecule has 2 nitrogen and oxygen atoms in total. The maximum atomic E-state index is 7.12. The van der Waals surface area contributed by atoms with Crippen LogP contribution < -0.4 is 5.73 Å². The first kappa shape index (κ1) is 10.1. The second-order valence-electron chi connectivity index (χ2n) is 3.51. The van der Waals surface area contributed by atoms with E-state index in [9.17, 15) is 0 Å². The van der Waals surface area contributed by atoms with E-state index in [-0.39, 0.29) is 15.0 Å². The van der Waals surface area contributed by atoms with E-state index in [0.29, 0.717) is 4.73 Å². The summed E-state index contributed by atoms with van der Waals surface area (Å²) in [4.78, 5) is 0. The molecule has 0 heterocycles. The van der Waals surface area contributed by atoms with Gasteiger partial charge >= 0.3 is 80.6 Å². The van der Waals surface area contributed by atoms with Crippen molar-refractivity contribution >= 4 is 19.7 Å². The van der Waals surface area contributed by atoms with Crippen molar-refractivity contribution in [1.29, 1.82) is 5.41 Å². The molecule has 0 aliphatic heterocycles. The van der Waals surface area contributed by atoms with Gasteiger partial charge in [-0.15, -0.1) is 0 Å². The van der Waals surface area contributed by atoms with Gasteiger partial charge in [-0.25, -0.2) is 0 Å². The number of nitrogens with two attached hydrogens (primary N) is 1. The Bertz CT molecular complexity index is 141. The van der Waals surface area contributed by atoms with Crippen molar-refractivity contribution in [1.82, 2.24) is 0 Å². The molecule has 1 saturated carbocycles. The fourth-order valence-electron chi connectivity index (χ4n) is 1.81. The summed E-state index contributed by atoms with van der Waals surface area (Å²) >= 11 is 0.289. The van der Waals surface area contributed by atoms with E-state index in [1.165, 1.54) is 43.8 Å². The normalized spacial score (nSPS) is 19.3. The molecule has 1 rings (SSSR count). The third kappa shape index (κ3) is 4.12. The first-order valence-electron chi connectivity index (χ1n) is 4.76. The van der Waals surface area contributed by atoms with Crippen molar-refractivity contribution in [3.63, 3.8) is 0 Å². The SMILES string of the molecule is N=C(N)[Se]CCC1CCCCC1. The molecule has 70 valence electrons. The molecule has 1 fully saturated rings. The number of amidine groups is 1. The number of hydrogen-bond acceptors (Lipinski definition) is 1. The molecule has 0 saturated heterocycles. The van der Waals surface area contributed by atoms with Gasteiger partial charge in [0.15, 0.2) is 0 Å². The molecule has 0 unspecified atom stereocenters. The molecule has 0 radical (unpaired) electrons. The monoisotopic (exact) mass is 234 g/mol. The maximum absolute atomic E-state index is 7.12. The first-order chi connectivity index (χ1) is 5.79. The van der Waals surface area contributed by atoms with Crippen molar-refractivity contribution in [3.8, 4) is 0 Å². The van der Waals surface area contributed by atoms with Crippen molar-refractivity contribution in [2.45, 2.75) is 43.8 Å². The molecular formula is C9H18N2Se. The molecule has 3 heteroatoms. The molecule has 3 N–H and O–H groups in total. The number of hydrogen-bond donors (Lipinski definition) is 2. The summed E-state index contributed by atoms with van der Waals surface area (Å²) in [5.74, 6) is 0.958. The van der Waals surface area contributed by atoms with Crippen LogP contribution in [0.15, 0.2) is 0 Å². The van der Waals surface area contributed by atoms with Crippen LogP contribution >= 0.6 is 0 Å². The molecule has 0 spiro atoms. The van der Waals surface area contributed by atoms with Crippen LogP contribution in [0.1, 0.15) is 38.5 Å². The zero-order valence-corrected chi connectivity index (χ0v) is 9.23. The molecular weight excluding hydrogens is 215 g/mol. The summed E-state index contributed by atoms with van der Waals surface area (Å²) in [6.45, 7) is 0. The number of nitrogens with one attached hydrogen (secondary N) is 1. The van der Waals surface area contributed by atoms with Gasteiger partial charge in [-0.1, -0.05) is 0 Å². The van der Waals surface area contributed by atoms with E-state index in [0.717, 1.165) is 5.92 Å². The zero-order chi connectivity index (χ0) is 8.81. The van der Waals surface area contributed by atoms with Crippen LogP contribution in [0.5, 0.6) is 0 Å². The van der Waals surface area contributed by atoms with Crippen LogP contribution in [0.3, 0.4) is 0 Å². The minimum atomic E-state index is 0.289. The summed E-state index contributed by atoms with van der Waals surface area (Å²) in [7, 11) is 0. The molecule has 0 aromatic heterocycles. The first-order valence-corrected chi connectivity index (χ1v) is 6.82. The minimum absolute atomic E-state index is 0.289. The van der Waals surface area contributed by atoms with E-state index < -0.39 is 0 Å². The third-order valence-electron chi connectivity index (χ3n) is 2.51. The standard InChI is InChI=1S/C9H18N2Se/c10-9(11)12-7-6-8-4-2-1-3-5-8/h8H,1-7H2,(H3,10,11). The summed E-state index contributed by atoms with van der Waals surface area (Å²) in [5, 5.41) is 8.30. The molecule has 1 aliphatic carbocycles. The molecule has 0 amide bonds. The Morgan fingerprint density at radius 1 is 1.33 bits per heavy atom. The van der Waals surface area contributed by atoms with Gasteiger partial charge in [0, 0.05) is 0 Å². The quantitative estimate of drug-likeness (QED) is 0.435. The van der Waals surface area contributed by atoms with Crippen molar-refractivity contribution in [2.75, 3.05) is 0 Å². The molecule has 0 aromatic rings. The van der Waals surface area contributed by atoms with Crippen LogP contribution in [-0.2, 0) is 0 Å². The number of rotatable bonds is 4. The van der Waals surface area contributed by atoms with E-state index in [1.807, 2.05) is 0 Å². The molecule has 12 heavy (non-hydrogen) atoms. The van der Waals surface area contributed by atoms with Crippen molar-refractivity contribution in [2.24, 2.45) is 11.7 Å². The average Bonchev–Trinajstić information content (AvgIpc) is 2.05. The van der Waals surface area contributed by atoms with E-state index in [1.54, 1.807) is 0 Å². The molecule has 0 bridgehead atoms. The Kier molecular flexibility index (Phi) is 4.70. The third-order valence-corrected chi connectivity index (χ3v) is 4.08. The van der Waals surface area contributed by atoms with Crippen LogP contribution in [0.2, 0.25) is 5.32 Å². The second kappa shape index (κ2) is 5.60. The Labute approximate surface area is 81.0 Å². The predicted molar refractivity (Wildman–Crippen MR) is 53.7 cm³/mol. The Morgan fingerprint density at radius 2 is 2.00 bits per heavy atom. The fraction of sp³-hybridized carbons (Fsp3) is 0.889. The summed E-state index contributed by atoms with van der Waals surface area (Å²) in [5.41, 5.74) is 5.32.